The van der Waals surface area contributed by atoms with Crippen molar-refractivity contribution in [2.45, 2.75) is 20.8 Å². The number of aryl methyl sites for hydroxylation is 2. The summed E-state index contributed by atoms with van der Waals surface area (Å²) < 4.78 is 5.60. The van der Waals surface area contributed by atoms with Crippen LogP contribution in [0.3, 0.4) is 0 Å². The summed E-state index contributed by atoms with van der Waals surface area (Å²) in [5, 5.41) is 3.56. The van der Waals surface area contributed by atoms with E-state index in [0.29, 0.717) is 17.1 Å². The number of Topliss-reactive ketones (excluding diaryl/α,β-unsaturated/α-hetero) is 1. The van der Waals surface area contributed by atoms with Gasteiger partial charge in [-0.2, -0.15) is 0 Å². The molecule has 0 aliphatic heterocycles. The quantitative estimate of drug-likeness (QED) is 0.708. The monoisotopic (exact) mass is 355 g/mol. The van der Waals surface area contributed by atoms with Gasteiger partial charge in [0.15, 0.2) is 12.4 Å². The predicted octanol–water partition coefficient (Wildman–Crippen LogP) is 3.53. The highest BCUT2D eigenvalue weighted by Gasteiger charge is 2.14. The molecule has 128 valence electrons. The van der Waals surface area contributed by atoms with Crippen molar-refractivity contribution < 1.29 is 14.3 Å². The first-order valence-electron chi connectivity index (χ1n) is 7.70. The van der Waals surface area contributed by atoms with E-state index in [0.717, 1.165) is 20.7 Å². The van der Waals surface area contributed by atoms with E-state index in [4.69, 9.17) is 4.74 Å². The summed E-state index contributed by atoms with van der Waals surface area (Å²) >= 11 is 1.57. The lowest BCUT2D eigenvalue weighted by atomic mass is 10.1. The Morgan fingerprint density at radius 3 is 2.80 bits per heavy atom. The maximum atomic E-state index is 12.1. The lowest BCUT2D eigenvalue weighted by molar-refractivity contribution is -0.118. The van der Waals surface area contributed by atoms with Crippen molar-refractivity contribution in [3.63, 3.8) is 0 Å². The number of thiophene rings is 1. The number of rotatable bonds is 5. The van der Waals surface area contributed by atoms with Crippen LogP contribution in [0.2, 0.25) is 0 Å². The summed E-state index contributed by atoms with van der Waals surface area (Å²) in [7, 11) is 0. The number of nitrogens with one attached hydrogen (secondary N) is 1. The maximum absolute atomic E-state index is 12.1. The highest BCUT2D eigenvalue weighted by atomic mass is 32.1. The first-order chi connectivity index (χ1) is 12.0. The molecule has 0 radical (unpaired) electrons. The molecular formula is C18H17N3O3S. The molecule has 0 saturated carbocycles. The van der Waals surface area contributed by atoms with E-state index in [1.807, 2.05) is 13.8 Å². The largest absolute Gasteiger partial charge is 0.467 e. The van der Waals surface area contributed by atoms with Gasteiger partial charge in [0.25, 0.3) is 5.91 Å². The van der Waals surface area contributed by atoms with Gasteiger partial charge in [0.05, 0.1) is 5.39 Å². The summed E-state index contributed by atoms with van der Waals surface area (Å²) in [5.41, 5.74) is 2.16. The van der Waals surface area contributed by atoms with E-state index in [9.17, 15) is 9.59 Å². The van der Waals surface area contributed by atoms with E-state index in [1.165, 1.54) is 13.3 Å². The SMILES string of the molecule is CC(=O)c1cccc(NC(=O)COc2ncnc3sc(C)c(C)c23)c1. The Kier molecular flexibility index (Phi) is 4.76. The van der Waals surface area contributed by atoms with Crippen LogP contribution in [0.1, 0.15) is 27.7 Å². The fraction of sp³-hybridized carbons (Fsp3) is 0.222. The zero-order valence-electron chi connectivity index (χ0n) is 14.1. The number of ketones is 1. The van der Waals surface area contributed by atoms with Crippen LogP contribution >= 0.6 is 11.3 Å². The van der Waals surface area contributed by atoms with Crippen LogP contribution in [-0.4, -0.2) is 28.3 Å². The third-order valence-electron chi connectivity index (χ3n) is 3.82. The third kappa shape index (κ3) is 3.66. The lowest BCUT2D eigenvalue weighted by Crippen LogP contribution is -2.20. The highest BCUT2D eigenvalue weighted by Crippen LogP contribution is 2.33. The first-order valence-corrected chi connectivity index (χ1v) is 8.51. The van der Waals surface area contributed by atoms with E-state index < -0.39 is 0 Å². The summed E-state index contributed by atoms with van der Waals surface area (Å²) in [6.45, 7) is 5.30. The van der Waals surface area contributed by atoms with Crippen molar-refractivity contribution >= 4 is 38.9 Å². The molecular weight excluding hydrogens is 338 g/mol. The number of hydrogen-bond donors (Lipinski definition) is 1. The Labute approximate surface area is 148 Å². The molecule has 0 spiro atoms. The molecule has 1 aromatic carbocycles. The molecule has 3 aromatic rings. The third-order valence-corrected chi connectivity index (χ3v) is 4.94. The summed E-state index contributed by atoms with van der Waals surface area (Å²) in [6, 6.07) is 6.78. The van der Waals surface area contributed by atoms with E-state index in [2.05, 4.69) is 15.3 Å². The van der Waals surface area contributed by atoms with Gasteiger partial charge in [-0.25, -0.2) is 9.97 Å². The molecule has 1 N–H and O–H groups in total. The average Bonchev–Trinajstić information content (AvgIpc) is 2.88. The van der Waals surface area contributed by atoms with E-state index in [-0.39, 0.29) is 18.3 Å². The molecule has 0 unspecified atom stereocenters. The second-order valence-electron chi connectivity index (χ2n) is 5.62. The molecule has 0 bridgehead atoms. The molecule has 1 amide bonds. The fourth-order valence-electron chi connectivity index (χ4n) is 2.41. The fourth-order valence-corrected chi connectivity index (χ4v) is 3.39. The summed E-state index contributed by atoms with van der Waals surface area (Å²) in [5.74, 6) is 0.0237. The number of carbonyl (C=O) groups excluding carboxylic acids is 2. The molecule has 6 nitrogen and oxygen atoms in total. The van der Waals surface area contributed by atoms with Gasteiger partial charge in [-0.15, -0.1) is 11.3 Å². The predicted molar refractivity (Wildman–Crippen MR) is 97.5 cm³/mol. The minimum absolute atomic E-state index is 0.0565. The van der Waals surface area contributed by atoms with Gasteiger partial charge < -0.3 is 10.1 Å². The molecule has 7 heteroatoms. The van der Waals surface area contributed by atoms with Gasteiger partial charge in [0.2, 0.25) is 5.88 Å². The van der Waals surface area contributed by atoms with Crippen molar-refractivity contribution in [1.29, 1.82) is 0 Å². The van der Waals surface area contributed by atoms with Gasteiger partial charge in [-0.1, -0.05) is 12.1 Å². The number of nitrogens with zero attached hydrogens (tertiary/aromatic N) is 2. The van der Waals surface area contributed by atoms with Crippen molar-refractivity contribution in [2.75, 3.05) is 11.9 Å². The number of ether oxygens (including phenoxy) is 1. The van der Waals surface area contributed by atoms with Crippen LogP contribution in [0, 0.1) is 13.8 Å². The second kappa shape index (κ2) is 6.98. The molecule has 25 heavy (non-hydrogen) atoms. The van der Waals surface area contributed by atoms with Crippen molar-refractivity contribution in [3.05, 3.63) is 46.6 Å². The number of fused-ring (bicyclic) bond motifs is 1. The second-order valence-corrected chi connectivity index (χ2v) is 6.82. The number of benzene rings is 1. The smallest absolute Gasteiger partial charge is 0.262 e. The van der Waals surface area contributed by atoms with Crippen LogP contribution in [0.15, 0.2) is 30.6 Å². The Hall–Kier alpha value is -2.80. The van der Waals surface area contributed by atoms with Crippen LogP contribution in [0.5, 0.6) is 5.88 Å². The molecule has 2 aromatic heterocycles. The molecule has 2 heterocycles. The van der Waals surface area contributed by atoms with Gasteiger partial charge in [0.1, 0.15) is 11.2 Å². The molecule has 0 aliphatic rings. The standard InChI is InChI=1S/C18H17N3O3S/c1-10-12(3)25-18-16(10)17(19-9-20-18)24-8-15(23)21-14-6-4-5-13(7-14)11(2)22/h4-7,9H,8H2,1-3H3,(H,21,23). The Balaban J connectivity index is 1.71. The van der Waals surface area contributed by atoms with Gasteiger partial charge in [-0.3, -0.25) is 9.59 Å². The van der Waals surface area contributed by atoms with Crippen LogP contribution in [0.4, 0.5) is 5.69 Å². The Bertz CT molecular complexity index is 965. The molecule has 0 fully saturated rings. The number of hydrogen-bond acceptors (Lipinski definition) is 6. The highest BCUT2D eigenvalue weighted by molar-refractivity contribution is 7.18. The zero-order chi connectivity index (χ0) is 18.0. The molecule has 0 saturated heterocycles. The molecule has 0 aliphatic carbocycles. The summed E-state index contributed by atoms with van der Waals surface area (Å²) in [6.07, 6.45) is 1.43. The molecule has 0 atom stereocenters. The number of amides is 1. The van der Waals surface area contributed by atoms with E-state index in [1.54, 1.807) is 35.6 Å². The first kappa shape index (κ1) is 17.0. The van der Waals surface area contributed by atoms with Crippen LogP contribution in [-0.2, 0) is 4.79 Å². The van der Waals surface area contributed by atoms with E-state index >= 15 is 0 Å². The van der Waals surface area contributed by atoms with Gasteiger partial charge in [0, 0.05) is 16.1 Å². The van der Waals surface area contributed by atoms with Crippen molar-refractivity contribution in [1.82, 2.24) is 9.97 Å². The van der Waals surface area contributed by atoms with Crippen molar-refractivity contribution in [2.24, 2.45) is 0 Å². The number of anilines is 1. The average molecular weight is 355 g/mol. The number of carbonyl (C=O) groups is 2. The minimum atomic E-state index is -0.322. The Morgan fingerprint density at radius 2 is 2.04 bits per heavy atom. The minimum Gasteiger partial charge on any atom is -0.467 e. The zero-order valence-corrected chi connectivity index (χ0v) is 14.9. The van der Waals surface area contributed by atoms with Crippen molar-refractivity contribution in [3.8, 4) is 5.88 Å². The van der Waals surface area contributed by atoms with Gasteiger partial charge >= 0.3 is 0 Å². The van der Waals surface area contributed by atoms with Gasteiger partial charge in [-0.05, 0) is 38.5 Å². The normalized spacial score (nSPS) is 10.7. The lowest BCUT2D eigenvalue weighted by Gasteiger charge is -2.08. The molecule has 3 rings (SSSR count). The summed E-state index contributed by atoms with van der Waals surface area (Å²) in [4.78, 5) is 33.9. The maximum Gasteiger partial charge on any atom is 0.262 e. The Morgan fingerprint density at radius 1 is 1.24 bits per heavy atom. The number of aromatic nitrogens is 2. The van der Waals surface area contributed by atoms with Crippen LogP contribution < -0.4 is 10.1 Å². The topological polar surface area (TPSA) is 81.2 Å². The van der Waals surface area contributed by atoms with Crippen LogP contribution in [0.25, 0.3) is 10.2 Å².